The van der Waals surface area contributed by atoms with Gasteiger partial charge in [-0.05, 0) is 18.2 Å². The van der Waals surface area contributed by atoms with Crippen molar-refractivity contribution in [3.63, 3.8) is 0 Å². The van der Waals surface area contributed by atoms with Gasteiger partial charge < -0.3 is 56.0 Å². The van der Waals surface area contributed by atoms with Crippen molar-refractivity contribution in [1.82, 2.24) is 29.9 Å². The summed E-state index contributed by atoms with van der Waals surface area (Å²) in [7, 11) is -4.50. The number of anilines is 7. The van der Waals surface area contributed by atoms with Crippen LogP contribution in [-0.2, 0) is 19.5 Å². The molecule has 3 aromatic rings. The van der Waals surface area contributed by atoms with Crippen LogP contribution in [0.25, 0.3) is 0 Å². The van der Waals surface area contributed by atoms with Crippen molar-refractivity contribution in [2.45, 2.75) is 0 Å². The Labute approximate surface area is 335 Å². The van der Waals surface area contributed by atoms with E-state index >= 15 is 0 Å². The van der Waals surface area contributed by atoms with Crippen LogP contribution >= 0.6 is 12.0 Å². The molecule has 0 spiro atoms. The van der Waals surface area contributed by atoms with E-state index < -0.39 is 15.9 Å². The number of hydrogen-bond donors (Lipinski definition) is 7. The summed E-state index contributed by atoms with van der Waals surface area (Å²) in [6.45, 7) is -0.918. The maximum atomic E-state index is 11.1. The number of aliphatic imine (C=N–C) groups is 1. The number of aliphatic hydroxyl groups is 4. The molecule has 0 amide bonds. The first-order valence-corrected chi connectivity index (χ1v) is 16.5. The first-order valence-electron chi connectivity index (χ1n) is 14.1. The van der Waals surface area contributed by atoms with Crippen LogP contribution in [0.4, 0.5) is 47.1 Å². The molecule has 0 unspecified atom stereocenters. The smallest absolute Gasteiger partial charge is 0.748 e. The molecule has 3 rings (SSSR count). The van der Waals surface area contributed by atoms with Crippen molar-refractivity contribution in [3.05, 3.63) is 24.3 Å². The van der Waals surface area contributed by atoms with Crippen LogP contribution in [0.1, 0.15) is 0 Å². The second-order valence-corrected chi connectivity index (χ2v) is 11.4. The summed E-state index contributed by atoms with van der Waals surface area (Å²) in [6.07, 6.45) is 1.37. The van der Waals surface area contributed by atoms with E-state index in [9.17, 15) is 38.7 Å². The van der Waals surface area contributed by atoms with Crippen LogP contribution < -0.4 is 90.1 Å². The SMILES string of the molecule is O=S(=O)([O-])CCNc1nc(Nc2cccc(Nc3nc(N=CCSOO[O-])nc(N(CCO)CCO)n3)c2)nc(N(CCO)CCO)n1.[Na+].[Na+]. The molecule has 26 heteroatoms. The van der Waals surface area contributed by atoms with Crippen LogP contribution in [0.15, 0.2) is 29.3 Å². The predicted molar refractivity (Wildman–Crippen MR) is 171 cm³/mol. The molecule has 0 aliphatic rings. The fourth-order valence-electron chi connectivity index (χ4n) is 3.77. The molecule has 2 heterocycles. The number of aromatic nitrogens is 6. The Morgan fingerprint density at radius 1 is 0.820 bits per heavy atom. The van der Waals surface area contributed by atoms with E-state index in [1.165, 1.54) is 16.0 Å². The van der Waals surface area contributed by atoms with E-state index in [1.807, 2.05) is 0 Å². The second kappa shape index (κ2) is 25.0. The standard InChI is InChI=1S/C24H36N12O10S2.2Na/c37-10-6-35(7-11-38)23-31-19(25-4-14-47-46-45-41)29-21(33-23)27-17-2-1-3-18(16-17)28-22-30-20(26-5-15-48(42,43)44)32-24(34-22)36(8-12-39)9-13-40;;/h1-4,16,37-41H,5-15H2,(H,42,43,44)(H,27,29,31,33)(H2,26,28,30,32,34);;/q;2*+1/p-2. The minimum absolute atomic E-state index is 0. The Hall–Kier alpha value is -2.11. The Kier molecular flexibility index (Phi) is 22.9. The van der Waals surface area contributed by atoms with E-state index in [0.717, 1.165) is 0 Å². The molecule has 1 aromatic carbocycles. The minimum Gasteiger partial charge on any atom is -0.748 e. The quantitative estimate of drug-likeness (QED) is 0.00898. The summed E-state index contributed by atoms with van der Waals surface area (Å²) in [5, 5.41) is 59.9. The van der Waals surface area contributed by atoms with Gasteiger partial charge in [0, 0.05) is 62.4 Å². The topological polar surface area (TPSA) is 312 Å². The zero-order chi connectivity index (χ0) is 34.8. The molecule has 0 atom stereocenters. The van der Waals surface area contributed by atoms with Crippen LogP contribution in [-0.4, -0.2) is 140 Å². The largest absolute Gasteiger partial charge is 1.00 e. The first-order chi connectivity index (χ1) is 23.2. The van der Waals surface area contributed by atoms with Gasteiger partial charge in [0.2, 0.25) is 29.7 Å². The third-order valence-corrected chi connectivity index (χ3v) is 6.86. The zero-order valence-corrected chi connectivity index (χ0v) is 32.9. The summed E-state index contributed by atoms with van der Waals surface area (Å²) in [5.74, 6) is -0.435. The maximum absolute atomic E-state index is 11.1. The molecule has 7 N–H and O–H groups in total. The van der Waals surface area contributed by atoms with Crippen LogP contribution in [0, 0.1) is 0 Å². The van der Waals surface area contributed by atoms with Crippen molar-refractivity contribution in [2.24, 2.45) is 4.99 Å². The number of aliphatic hydroxyl groups excluding tert-OH is 4. The van der Waals surface area contributed by atoms with Crippen molar-refractivity contribution in [1.29, 1.82) is 0 Å². The summed E-state index contributed by atoms with van der Waals surface area (Å²) in [5.41, 5.74) is 0.948. The van der Waals surface area contributed by atoms with Gasteiger partial charge in [0.05, 0.1) is 48.1 Å². The van der Waals surface area contributed by atoms with Gasteiger partial charge in [0.25, 0.3) is 5.95 Å². The molecule has 0 fully saturated rings. The molecule has 50 heavy (non-hydrogen) atoms. The molecule has 264 valence electrons. The van der Waals surface area contributed by atoms with Crippen molar-refractivity contribution >= 4 is 75.4 Å². The molecule has 22 nitrogen and oxygen atoms in total. The average molecular weight is 761 g/mol. The second-order valence-electron chi connectivity index (χ2n) is 9.16. The zero-order valence-electron chi connectivity index (χ0n) is 27.2. The molecule has 2 aromatic heterocycles. The summed E-state index contributed by atoms with van der Waals surface area (Å²) in [6, 6.07) is 6.74. The van der Waals surface area contributed by atoms with Gasteiger partial charge in [-0.1, -0.05) is 6.07 Å². The number of rotatable bonds is 23. The monoisotopic (exact) mass is 760 g/mol. The van der Waals surface area contributed by atoms with E-state index in [1.54, 1.807) is 24.3 Å². The van der Waals surface area contributed by atoms with Gasteiger partial charge >= 0.3 is 59.1 Å². The molecule has 0 aliphatic carbocycles. The fourth-order valence-corrected chi connectivity index (χ4v) is 4.36. The third-order valence-electron chi connectivity index (χ3n) is 5.72. The van der Waals surface area contributed by atoms with E-state index in [4.69, 9.17) is 0 Å². The predicted octanol–water partition coefficient (Wildman–Crippen LogP) is -8.34. The van der Waals surface area contributed by atoms with Gasteiger partial charge in [0.15, 0.2) is 0 Å². The van der Waals surface area contributed by atoms with Gasteiger partial charge in [-0.25, -0.2) is 13.4 Å². The third kappa shape index (κ3) is 16.9. The Morgan fingerprint density at radius 2 is 1.34 bits per heavy atom. The molecule has 0 bridgehead atoms. The fraction of sp³-hybridized carbons (Fsp3) is 0.458. The number of benzene rings is 1. The normalized spacial score (nSPS) is 11.1. The van der Waals surface area contributed by atoms with E-state index in [2.05, 4.69) is 60.2 Å². The van der Waals surface area contributed by atoms with Crippen LogP contribution in [0.2, 0.25) is 0 Å². The van der Waals surface area contributed by atoms with Gasteiger partial charge in [-0.3, -0.25) is 5.04 Å². The first kappa shape index (κ1) is 45.9. The Bertz CT molecular complexity index is 1560. The van der Waals surface area contributed by atoms with Crippen molar-refractivity contribution in [3.8, 4) is 0 Å². The number of nitrogens with zero attached hydrogens (tertiary/aromatic N) is 9. The molecule has 0 aliphatic heterocycles. The van der Waals surface area contributed by atoms with Gasteiger partial charge in [0.1, 0.15) is 0 Å². The van der Waals surface area contributed by atoms with Crippen LogP contribution in [0.5, 0.6) is 0 Å². The molecule has 0 radical (unpaired) electrons. The number of nitrogens with one attached hydrogen (secondary N) is 3. The van der Waals surface area contributed by atoms with Gasteiger partial charge in [-0.15, -0.1) is 0 Å². The number of hydrogen-bond acceptors (Lipinski definition) is 23. The molecular weight excluding hydrogens is 726 g/mol. The van der Waals surface area contributed by atoms with Gasteiger partial charge in [-0.2, -0.15) is 34.2 Å². The summed E-state index contributed by atoms with van der Waals surface area (Å²) >= 11 is 0.687. The molecule has 0 saturated carbocycles. The van der Waals surface area contributed by atoms with Crippen molar-refractivity contribution in [2.75, 3.05) is 96.4 Å². The van der Waals surface area contributed by atoms with Crippen molar-refractivity contribution < 1.29 is 107 Å². The van der Waals surface area contributed by atoms with Crippen LogP contribution in [0.3, 0.4) is 0 Å². The molecule has 0 saturated heterocycles. The molecular formula is C24H34N12Na2O10S2. The maximum Gasteiger partial charge on any atom is 1.00 e. The Balaban J connectivity index is 0.00000625. The average Bonchev–Trinajstić information content (AvgIpc) is 3.04. The summed E-state index contributed by atoms with van der Waals surface area (Å²) < 4.78 is 37.4. The van der Waals surface area contributed by atoms with E-state index in [-0.39, 0.29) is 160 Å². The van der Waals surface area contributed by atoms with E-state index in [0.29, 0.717) is 23.4 Å². The summed E-state index contributed by atoms with van der Waals surface area (Å²) in [4.78, 5) is 32.9. The Morgan fingerprint density at radius 3 is 1.86 bits per heavy atom. The minimum atomic E-state index is -4.50.